The van der Waals surface area contributed by atoms with Gasteiger partial charge in [0.1, 0.15) is 6.10 Å². The molecule has 1 N–H and O–H groups in total. The summed E-state index contributed by atoms with van der Waals surface area (Å²) in [5.74, 6) is -0.0169. The molecule has 1 aliphatic heterocycles. The molecule has 1 amide bonds. The predicted molar refractivity (Wildman–Crippen MR) is 89.1 cm³/mol. The van der Waals surface area contributed by atoms with Crippen LogP contribution in [0.2, 0.25) is 0 Å². The Morgan fingerprint density at radius 1 is 1.38 bits per heavy atom. The molecule has 0 radical (unpaired) electrons. The van der Waals surface area contributed by atoms with Crippen molar-refractivity contribution < 1.29 is 14.6 Å². The third kappa shape index (κ3) is 6.16. The van der Waals surface area contributed by atoms with Crippen LogP contribution in [-0.4, -0.2) is 48.3 Å². The molecular formula is C16H29NO3S. The number of amides is 1. The van der Waals surface area contributed by atoms with Gasteiger partial charge in [-0.15, -0.1) is 11.3 Å². The van der Waals surface area contributed by atoms with Gasteiger partial charge < -0.3 is 14.7 Å². The van der Waals surface area contributed by atoms with E-state index in [1.165, 1.54) is 17.8 Å². The molecule has 0 spiro atoms. The molecule has 122 valence electrons. The minimum Gasteiger partial charge on any atom is -0.388 e. The maximum Gasteiger partial charge on any atom is 0.264 e. The average Bonchev–Trinajstić information content (AvgIpc) is 3.07. The van der Waals surface area contributed by atoms with Crippen molar-refractivity contribution in [1.29, 1.82) is 0 Å². The fraction of sp³-hybridized carbons (Fsp3) is 0.688. The molecular weight excluding hydrogens is 286 g/mol. The lowest BCUT2D eigenvalue weighted by atomic mass is 10.3. The van der Waals surface area contributed by atoms with Crippen molar-refractivity contribution in [3.63, 3.8) is 0 Å². The first-order valence-electron chi connectivity index (χ1n) is 7.60. The molecule has 1 aromatic heterocycles. The summed E-state index contributed by atoms with van der Waals surface area (Å²) in [5.41, 5.74) is 0. The summed E-state index contributed by atoms with van der Waals surface area (Å²) in [6.07, 6.45) is 0.417. The number of β-amino-alcohol motifs (C(OH)–C–C–N with tert-alkyl or cyclic N) is 1. The molecule has 1 fully saturated rings. The van der Waals surface area contributed by atoms with Gasteiger partial charge in [0.05, 0.1) is 11.0 Å². The standard InChI is InChI=1S/C11H15NO3S.C3H8.C2H6/c1-7-3-4-10(16-7)11(14)12-5-8(13)9(6-12)15-2;1-3-2;1-2/h3-4,8-9,13H,5-6H2,1-2H3;3H2,1-2H3;1-2H3. The van der Waals surface area contributed by atoms with Crippen LogP contribution in [0.3, 0.4) is 0 Å². The van der Waals surface area contributed by atoms with Gasteiger partial charge in [0, 0.05) is 25.1 Å². The number of aryl methyl sites for hydroxylation is 1. The van der Waals surface area contributed by atoms with Crippen LogP contribution in [0.25, 0.3) is 0 Å². The van der Waals surface area contributed by atoms with Crippen molar-refractivity contribution in [1.82, 2.24) is 4.90 Å². The number of carbonyl (C=O) groups is 1. The highest BCUT2D eigenvalue weighted by Crippen LogP contribution is 2.21. The van der Waals surface area contributed by atoms with Crippen LogP contribution in [0.1, 0.15) is 48.7 Å². The summed E-state index contributed by atoms with van der Waals surface area (Å²) in [5, 5.41) is 9.64. The van der Waals surface area contributed by atoms with Crippen LogP contribution in [0.15, 0.2) is 12.1 Å². The van der Waals surface area contributed by atoms with Gasteiger partial charge in [-0.1, -0.05) is 34.1 Å². The van der Waals surface area contributed by atoms with E-state index in [1.807, 2.05) is 32.9 Å². The Labute approximate surface area is 132 Å². The SMILES string of the molecule is CC.CCC.COC1CN(C(=O)c2ccc(C)s2)CC1O. The van der Waals surface area contributed by atoms with E-state index in [-0.39, 0.29) is 12.0 Å². The number of hydrogen-bond acceptors (Lipinski definition) is 4. The Kier molecular flexibility index (Phi) is 10.3. The number of ether oxygens (including phenoxy) is 1. The number of methoxy groups -OCH3 is 1. The molecule has 0 saturated carbocycles. The molecule has 0 bridgehead atoms. The zero-order chi connectivity index (χ0) is 16.4. The second-order valence-corrected chi connectivity index (χ2v) is 5.96. The number of nitrogens with zero attached hydrogens (tertiary/aromatic N) is 1. The van der Waals surface area contributed by atoms with Crippen LogP contribution in [0, 0.1) is 6.92 Å². The summed E-state index contributed by atoms with van der Waals surface area (Å²) in [7, 11) is 1.55. The van der Waals surface area contributed by atoms with Crippen molar-refractivity contribution in [3.05, 3.63) is 21.9 Å². The summed E-state index contributed by atoms with van der Waals surface area (Å²) in [6.45, 7) is 11.0. The number of thiophene rings is 1. The lowest BCUT2D eigenvalue weighted by Crippen LogP contribution is -2.29. The highest BCUT2D eigenvalue weighted by Gasteiger charge is 2.34. The molecule has 2 unspecified atom stereocenters. The minimum absolute atomic E-state index is 0.0169. The molecule has 4 nitrogen and oxygen atoms in total. The Bertz CT molecular complexity index is 406. The van der Waals surface area contributed by atoms with Crippen LogP contribution < -0.4 is 0 Å². The molecule has 2 rings (SSSR count). The van der Waals surface area contributed by atoms with Crippen molar-refractivity contribution in [2.24, 2.45) is 0 Å². The van der Waals surface area contributed by atoms with Crippen molar-refractivity contribution in [3.8, 4) is 0 Å². The van der Waals surface area contributed by atoms with E-state index in [1.54, 1.807) is 12.0 Å². The van der Waals surface area contributed by atoms with E-state index in [0.717, 1.165) is 9.75 Å². The Morgan fingerprint density at radius 2 is 1.95 bits per heavy atom. The van der Waals surface area contributed by atoms with Crippen molar-refractivity contribution >= 4 is 17.2 Å². The van der Waals surface area contributed by atoms with Crippen LogP contribution in [-0.2, 0) is 4.74 Å². The fourth-order valence-electron chi connectivity index (χ4n) is 1.86. The minimum atomic E-state index is -0.574. The van der Waals surface area contributed by atoms with Crippen LogP contribution in [0.5, 0.6) is 0 Å². The number of likely N-dealkylation sites (tertiary alicyclic amines) is 1. The zero-order valence-corrected chi connectivity index (χ0v) is 14.9. The van der Waals surface area contributed by atoms with Gasteiger partial charge in [0.15, 0.2) is 0 Å². The van der Waals surface area contributed by atoms with Gasteiger partial charge in [0.2, 0.25) is 0 Å². The zero-order valence-electron chi connectivity index (χ0n) is 14.0. The number of hydrogen-bond donors (Lipinski definition) is 1. The molecule has 0 aromatic carbocycles. The number of aliphatic hydroxyl groups excluding tert-OH is 1. The Morgan fingerprint density at radius 3 is 2.33 bits per heavy atom. The fourth-order valence-corrected chi connectivity index (χ4v) is 2.69. The first-order valence-corrected chi connectivity index (χ1v) is 8.41. The second kappa shape index (κ2) is 10.8. The van der Waals surface area contributed by atoms with E-state index in [9.17, 15) is 9.90 Å². The van der Waals surface area contributed by atoms with E-state index in [4.69, 9.17) is 4.74 Å². The number of aliphatic hydroxyl groups is 1. The summed E-state index contributed by atoms with van der Waals surface area (Å²) < 4.78 is 5.10. The lowest BCUT2D eigenvalue weighted by molar-refractivity contribution is 0.0215. The Hall–Kier alpha value is -0.910. The molecule has 21 heavy (non-hydrogen) atoms. The third-order valence-corrected chi connectivity index (χ3v) is 3.77. The molecule has 5 heteroatoms. The number of carbonyl (C=O) groups excluding carboxylic acids is 1. The van der Waals surface area contributed by atoms with Gasteiger partial charge in [-0.2, -0.15) is 0 Å². The Balaban J connectivity index is 0.000000713. The van der Waals surface area contributed by atoms with Gasteiger partial charge in [-0.25, -0.2) is 0 Å². The lowest BCUT2D eigenvalue weighted by Gasteiger charge is -2.14. The van der Waals surface area contributed by atoms with Gasteiger partial charge in [-0.05, 0) is 19.1 Å². The highest BCUT2D eigenvalue weighted by molar-refractivity contribution is 7.13. The number of rotatable bonds is 2. The average molecular weight is 315 g/mol. The molecule has 1 aromatic rings. The maximum atomic E-state index is 12.0. The predicted octanol–water partition coefficient (Wildman–Crippen LogP) is 3.33. The van der Waals surface area contributed by atoms with E-state index in [0.29, 0.717) is 13.1 Å². The van der Waals surface area contributed by atoms with E-state index in [2.05, 4.69) is 13.8 Å². The van der Waals surface area contributed by atoms with E-state index < -0.39 is 6.10 Å². The van der Waals surface area contributed by atoms with Crippen LogP contribution >= 0.6 is 11.3 Å². The monoisotopic (exact) mass is 315 g/mol. The molecule has 1 aliphatic rings. The van der Waals surface area contributed by atoms with Gasteiger partial charge in [-0.3, -0.25) is 4.79 Å². The van der Waals surface area contributed by atoms with Crippen molar-refractivity contribution in [2.75, 3.05) is 20.2 Å². The van der Waals surface area contributed by atoms with Gasteiger partial charge in [0.25, 0.3) is 5.91 Å². The maximum absolute atomic E-state index is 12.0. The topological polar surface area (TPSA) is 49.8 Å². The normalized spacial score (nSPS) is 20.2. The quantitative estimate of drug-likeness (QED) is 0.910. The second-order valence-electron chi connectivity index (χ2n) is 4.67. The summed E-state index contributed by atoms with van der Waals surface area (Å²) >= 11 is 1.48. The van der Waals surface area contributed by atoms with E-state index >= 15 is 0 Å². The molecule has 2 atom stereocenters. The molecule has 2 heterocycles. The smallest absolute Gasteiger partial charge is 0.264 e. The molecule has 0 aliphatic carbocycles. The van der Waals surface area contributed by atoms with Gasteiger partial charge >= 0.3 is 0 Å². The van der Waals surface area contributed by atoms with Crippen LogP contribution in [0.4, 0.5) is 0 Å². The first-order chi connectivity index (χ1) is 10.0. The largest absolute Gasteiger partial charge is 0.388 e. The van der Waals surface area contributed by atoms with Crippen molar-refractivity contribution in [2.45, 2.75) is 53.2 Å². The summed E-state index contributed by atoms with van der Waals surface area (Å²) in [6, 6.07) is 3.76. The first kappa shape index (κ1) is 20.1. The highest BCUT2D eigenvalue weighted by atomic mass is 32.1. The third-order valence-electron chi connectivity index (χ3n) is 2.78. The molecule has 1 saturated heterocycles. The summed E-state index contributed by atoms with van der Waals surface area (Å²) in [4.78, 5) is 15.5.